The van der Waals surface area contributed by atoms with Crippen molar-refractivity contribution in [3.63, 3.8) is 0 Å². The summed E-state index contributed by atoms with van der Waals surface area (Å²) in [6.45, 7) is 3.20. The van der Waals surface area contributed by atoms with Crippen LogP contribution in [0.15, 0.2) is 24.3 Å². The molecule has 0 saturated carbocycles. The molecule has 0 saturated heterocycles. The molecule has 18 heavy (non-hydrogen) atoms. The van der Waals surface area contributed by atoms with Gasteiger partial charge in [-0.3, -0.25) is 4.79 Å². The zero-order valence-corrected chi connectivity index (χ0v) is 11.3. The standard InChI is InChI=1S/C15H22O3/c1-3-4-11-18-15(16)10-9-13-7-5-6-8-14(13)12-17-2/h5-8H,3-4,9-12H2,1-2H3. The maximum Gasteiger partial charge on any atom is 0.306 e. The number of ether oxygens (including phenoxy) is 2. The van der Waals surface area contributed by atoms with Gasteiger partial charge in [-0.15, -0.1) is 0 Å². The summed E-state index contributed by atoms with van der Waals surface area (Å²) in [5.74, 6) is -0.115. The van der Waals surface area contributed by atoms with E-state index in [0.29, 0.717) is 26.1 Å². The van der Waals surface area contributed by atoms with Crippen molar-refractivity contribution in [2.24, 2.45) is 0 Å². The lowest BCUT2D eigenvalue weighted by atomic mass is 10.0. The second-order valence-electron chi connectivity index (χ2n) is 4.28. The van der Waals surface area contributed by atoms with E-state index in [0.717, 1.165) is 24.0 Å². The van der Waals surface area contributed by atoms with Gasteiger partial charge in [-0.05, 0) is 24.0 Å². The molecule has 0 heterocycles. The van der Waals surface area contributed by atoms with E-state index in [2.05, 4.69) is 6.92 Å². The molecule has 100 valence electrons. The van der Waals surface area contributed by atoms with Crippen LogP contribution in [0.5, 0.6) is 0 Å². The van der Waals surface area contributed by atoms with Crippen LogP contribution in [0.2, 0.25) is 0 Å². The number of hydrogen-bond acceptors (Lipinski definition) is 3. The molecule has 0 amide bonds. The number of hydrogen-bond donors (Lipinski definition) is 0. The summed E-state index contributed by atoms with van der Waals surface area (Å²) >= 11 is 0. The summed E-state index contributed by atoms with van der Waals surface area (Å²) in [5, 5.41) is 0. The van der Waals surface area contributed by atoms with Crippen molar-refractivity contribution in [1.82, 2.24) is 0 Å². The quantitative estimate of drug-likeness (QED) is 0.525. The zero-order chi connectivity index (χ0) is 13.2. The second-order valence-corrected chi connectivity index (χ2v) is 4.28. The highest BCUT2D eigenvalue weighted by molar-refractivity contribution is 5.69. The summed E-state index contributed by atoms with van der Waals surface area (Å²) in [4.78, 5) is 11.5. The molecule has 0 unspecified atom stereocenters. The van der Waals surface area contributed by atoms with E-state index in [4.69, 9.17) is 9.47 Å². The van der Waals surface area contributed by atoms with Crippen LogP contribution in [0.25, 0.3) is 0 Å². The van der Waals surface area contributed by atoms with Gasteiger partial charge in [-0.2, -0.15) is 0 Å². The van der Waals surface area contributed by atoms with Crippen LogP contribution in [0, 0.1) is 0 Å². The Kier molecular flexibility index (Phi) is 7.11. The van der Waals surface area contributed by atoms with Crippen LogP contribution in [0.1, 0.15) is 37.3 Å². The van der Waals surface area contributed by atoms with Crippen LogP contribution in [-0.4, -0.2) is 19.7 Å². The maximum absolute atomic E-state index is 11.5. The predicted octanol–water partition coefficient (Wildman–Crippen LogP) is 3.11. The minimum absolute atomic E-state index is 0.115. The monoisotopic (exact) mass is 250 g/mol. The summed E-state index contributed by atoms with van der Waals surface area (Å²) in [5.41, 5.74) is 2.30. The largest absolute Gasteiger partial charge is 0.466 e. The van der Waals surface area contributed by atoms with Gasteiger partial charge in [0.2, 0.25) is 0 Å². The van der Waals surface area contributed by atoms with E-state index in [1.165, 1.54) is 0 Å². The number of carbonyl (C=O) groups excluding carboxylic acids is 1. The van der Waals surface area contributed by atoms with Crippen LogP contribution in [-0.2, 0) is 27.3 Å². The van der Waals surface area contributed by atoms with Crippen molar-refractivity contribution < 1.29 is 14.3 Å². The van der Waals surface area contributed by atoms with Crippen molar-refractivity contribution in [3.05, 3.63) is 35.4 Å². The SMILES string of the molecule is CCCCOC(=O)CCc1ccccc1COC. The maximum atomic E-state index is 11.5. The molecule has 1 rings (SSSR count). The number of unbranched alkanes of at least 4 members (excludes halogenated alkanes) is 1. The molecule has 1 aromatic carbocycles. The smallest absolute Gasteiger partial charge is 0.306 e. The molecule has 0 N–H and O–H groups in total. The third-order valence-corrected chi connectivity index (χ3v) is 2.78. The molecule has 1 aromatic rings. The predicted molar refractivity (Wildman–Crippen MR) is 71.3 cm³/mol. The van der Waals surface area contributed by atoms with E-state index in [1.807, 2.05) is 24.3 Å². The van der Waals surface area contributed by atoms with Gasteiger partial charge < -0.3 is 9.47 Å². The number of carbonyl (C=O) groups is 1. The number of aryl methyl sites for hydroxylation is 1. The lowest BCUT2D eigenvalue weighted by Crippen LogP contribution is -2.08. The zero-order valence-electron chi connectivity index (χ0n) is 11.3. The first-order chi connectivity index (χ1) is 8.77. The van der Waals surface area contributed by atoms with E-state index in [1.54, 1.807) is 7.11 Å². The van der Waals surface area contributed by atoms with E-state index in [-0.39, 0.29) is 5.97 Å². The van der Waals surface area contributed by atoms with Gasteiger partial charge in [0.05, 0.1) is 13.2 Å². The number of esters is 1. The normalized spacial score (nSPS) is 10.3. The molecular formula is C15H22O3. The molecule has 0 aromatic heterocycles. The highest BCUT2D eigenvalue weighted by Crippen LogP contribution is 2.12. The number of benzene rings is 1. The Morgan fingerprint density at radius 2 is 1.94 bits per heavy atom. The van der Waals surface area contributed by atoms with E-state index < -0.39 is 0 Å². The first-order valence-corrected chi connectivity index (χ1v) is 6.49. The fraction of sp³-hybridized carbons (Fsp3) is 0.533. The molecule has 0 aliphatic heterocycles. The van der Waals surface area contributed by atoms with Gasteiger partial charge in [-0.25, -0.2) is 0 Å². The molecule has 0 radical (unpaired) electrons. The van der Waals surface area contributed by atoms with Crippen molar-refractivity contribution in [2.45, 2.75) is 39.2 Å². The Hall–Kier alpha value is -1.35. The minimum atomic E-state index is -0.115. The minimum Gasteiger partial charge on any atom is -0.466 e. The Bertz CT molecular complexity index is 361. The van der Waals surface area contributed by atoms with Gasteiger partial charge in [0.25, 0.3) is 0 Å². The fourth-order valence-electron chi connectivity index (χ4n) is 1.74. The topological polar surface area (TPSA) is 35.5 Å². The summed E-state index contributed by atoms with van der Waals surface area (Å²) in [7, 11) is 1.68. The van der Waals surface area contributed by atoms with Crippen molar-refractivity contribution >= 4 is 5.97 Å². The van der Waals surface area contributed by atoms with Crippen molar-refractivity contribution in [1.29, 1.82) is 0 Å². The highest BCUT2D eigenvalue weighted by Gasteiger charge is 2.06. The van der Waals surface area contributed by atoms with Gasteiger partial charge >= 0.3 is 5.97 Å². The van der Waals surface area contributed by atoms with E-state index >= 15 is 0 Å². The molecular weight excluding hydrogens is 228 g/mol. The lowest BCUT2D eigenvalue weighted by molar-refractivity contribution is -0.143. The molecule has 0 bridgehead atoms. The molecule has 0 aliphatic carbocycles. The van der Waals surface area contributed by atoms with Gasteiger partial charge in [0.1, 0.15) is 0 Å². The molecule has 0 fully saturated rings. The first-order valence-electron chi connectivity index (χ1n) is 6.49. The number of methoxy groups -OCH3 is 1. The van der Waals surface area contributed by atoms with Crippen LogP contribution in [0.4, 0.5) is 0 Å². The Labute approximate surface area is 109 Å². The van der Waals surface area contributed by atoms with Crippen LogP contribution < -0.4 is 0 Å². The van der Waals surface area contributed by atoms with Crippen LogP contribution in [0.3, 0.4) is 0 Å². The molecule has 0 atom stereocenters. The van der Waals surface area contributed by atoms with Crippen LogP contribution >= 0.6 is 0 Å². The molecule has 3 nitrogen and oxygen atoms in total. The molecule has 0 spiro atoms. The first kappa shape index (κ1) is 14.7. The summed E-state index contributed by atoms with van der Waals surface area (Å²) in [6, 6.07) is 8.03. The highest BCUT2D eigenvalue weighted by atomic mass is 16.5. The third kappa shape index (κ3) is 5.32. The lowest BCUT2D eigenvalue weighted by Gasteiger charge is -2.08. The van der Waals surface area contributed by atoms with Gasteiger partial charge in [0.15, 0.2) is 0 Å². The Morgan fingerprint density at radius 1 is 1.22 bits per heavy atom. The fourth-order valence-corrected chi connectivity index (χ4v) is 1.74. The van der Waals surface area contributed by atoms with E-state index in [9.17, 15) is 4.79 Å². The van der Waals surface area contributed by atoms with Gasteiger partial charge in [-0.1, -0.05) is 37.6 Å². The second kappa shape index (κ2) is 8.70. The third-order valence-electron chi connectivity index (χ3n) is 2.78. The van der Waals surface area contributed by atoms with Gasteiger partial charge in [0, 0.05) is 13.5 Å². The summed E-state index contributed by atoms with van der Waals surface area (Å²) < 4.78 is 10.3. The number of rotatable bonds is 8. The molecule has 3 heteroatoms. The summed E-state index contributed by atoms with van der Waals surface area (Å²) in [6.07, 6.45) is 3.13. The Morgan fingerprint density at radius 3 is 2.61 bits per heavy atom. The average molecular weight is 250 g/mol. The molecule has 0 aliphatic rings. The average Bonchev–Trinajstić information content (AvgIpc) is 2.38. The Balaban J connectivity index is 2.40. The van der Waals surface area contributed by atoms with Crippen molar-refractivity contribution in [3.8, 4) is 0 Å². The van der Waals surface area contributed by atoms with Crippen molar-refractivity contribution in [2.75, 3.05) is 13.7 Å².